The van der Waals surface area contributed by atoms with E-state index in [1.165, 1.54) is 4.31 Å². The summed E-state index contributed by atoms with van der Waals surface area (Å²) in [5.41, 5.74) is 2.56. The number of halogens is 1. The fraction of sp³-hybridized carbons (Fsp3) is 0.261. The first-order valence-corrected chi connectivity index (χ1v) is 13.2. The van der Waals surface area contributed by atoms with Gasteiger partial charge in [-0.15, -0.1) is 0 Å². The molecule has 11 heteroatoms. The number of carbonyl (C=O) groups excluding carboxylic acids is 1. The number of hydrogen-bond acceptors (Lipinski definition) is 7. The molecule has 0 bridgehead atoms. The maximum Gasteiger partial charge on any atom is 0.243 e. The van der Waals surface area contributed by atoms with E-state index in [0.29, 0.717) is 49.0 Å². The molecule has 0 atom stereocenters. The molecule has 3 heterocycles. The smallest absolute Gasteiger partial charge is 0.243 e. The number of nitrogens with zero attached hydrogens (tertiary/aromatic N) is 3. The molecule has 0 aliphatic carbocycles. The topological polar surface area (TPSA) is 116 Å². The summed E-state index contributed by atoms with van der Waals surface area (Å²) in [4.78, 5) is 20.8. The Labute approximate surface area is 206 Å². The minimum atomic E-state index is -3.48. The second kappa shape index (κ2) is 9.32. The highest BCUT2D eigenvalue weighted by atomic mass is 79.9. The van der Waals surface area contributed by atoms with E-state index in [0.717, 1.165) is 21.4 Å². The molecule has 5 rings (SSSR count). The Morgan fingerprint density at radius 1 is 1.09 bits per heavy atom. The summed E-state index contributed by atoms with van der Waals surface area (Å²) in [6.07, 6.45) is 3.36. The molecule has 0 saturated carbocycles. The number of amides is 1. The molecule has 176 valence electrons. The molecule has 1 aromatic heterocycles. The lowest BCUT2D eigenvalue weighted by molar-refractivity contribution is -0.115. The number of hydrogen-bond donors (Lipinski definition) is 3. The summed E-state index contributed by atoms with van der Waals surface area (Å²) in [5, 5.41) is 9.43. The van der Waals surface area contributed by atoms with E-state index in [9.17, 15) is 13.2 Å². The Morgan fingerprint density at radius 3 is 2.62 bits per heavy atom. The first-order valence-electron chi connectivity index (χ1n) is 10.9. The van der Waals surface area contributed by atoms with Gasteiger partial charge in [-0.05, 0) is 64.7 Å². The SMILES string of the molecule is O=C1Cc2cc(Nc3ncc(Br)c(NC4CCN(S(=O)(=O)c5ccccc5)CC4)n3)ccc2N1. The molecule has 1 saturated heterocycles. The molecular formula is C23H23BrN6O3S. The predicted molar refractivity (Wildman–Crippen MR) is 134 cm³/mol. The van der Waals surface area contributed by atoms with Crippen molar-refractivity contribution >= 4 is 55.0 Å². The van der Waals surface area contributed by atoms with Crippen molar-refractivity contribution in [3.05, 3.63) is 64.8 Å². The second-order valence-electron chi connectivity index (χ2n) is 8.25. The maximum atomic E-state index is 12.9. The van der Waals surface area contributed by atoms with Crippen molar-refractivity contribution in [2.75, 3.05) is 29.0 Å². The van der Waals surface area contributed by atoms with Crippen molar-refractivity contribution in [1.29, 1.82) is 0 Å². The summed E-state index contributed by atoms with van der Waals surface area (Å²) in [7, 11) is -3.48. The molecule has 2 aliphatic rings. The minimum Gasteiger partial charge on any atom is -0.366 e. The number of anilines is 4. The maximum absolute atomic E-state index is 12.9. The van der Waals surface area contributed by atoms with Gasteiger partial charge in [0.1, 0.15) is 5.82 Å². The van der Waals surface area contributed by atoms with Crippen LogP contribution >= 0.6 is 15.9 Å². The molecule has 0 radical (unpaired) electrons. The molecule has 3 N–H and O–H groups in total. The van der Waals surface area contributed by atoms with Gasteiger partial charge in [-0.25, -0.2) is 13.4 Å². The average molecular weight is 543 g/mol. The van der Waals surface area contributed by atoms with Crippen molar-refractivity contribution in [3.8, 4) is 0 Å². The number of aromatic nitrogens is 2. The summed E-state index contributed by atoms with van der Waals surface area (Å²) < 4.78 is 28.0. The van der Waals surface area contributed by atoms with Crippen molar-refractivity contribution < 1.29 is 13.2 Å². The van der Waals surface area contributed by atoms with Crippen LogP contribution in [-0.4, -0.2) is 47.7 Å². The zero-order chi connectivity index (χ0) is 23.7. The summed E-state index contributed by atoms with van der Waals surface area (Å²) in [6.45, 7) is 0.870. The van der Waals surface area contributed by atoms with Gasteiger partial charge < -0.3 is 16.0 Å². The lowest BCUT2D eigenvalue weighted by atomic mass is 10.1. The fourth-order valence-electron chi connectivity index (χ4n) is 4.14. The van der Waals surface area contributed by atoms with Crippen LogP contribution in [0.2, 0.25) is 0 Å². The predicted octanol–water partition coefficient (Wildman–Crippen LogP) is 3.74. The van der Waals surface area contributed by atoms with Crippen LogP contribution in [0, 0.1) is 0 Å². The van der Waals surface area contributed by atoms with Gasteiger partial charge in [-0.1, -0.05) is 18.2 Å². The summed E-state index contributed by atoms with van der Waals surface area (Å²) in [5.74, 6) is 1.05. The van der Waals surface area contributed by atoms with Crippen LogP contribution in [0.1, 0.15) is 18.4 Å². The van der Waals surface area contributed by atoms with Gasteiger partial charge in [-0.2, -0.15) is 9.29 Å². The first-order chi connectivity index (χ1) is 16.4. The average Bonchev–Trinajstić information content (AvgIpc) is 3.21. The molecule has 2 aromatic carbocycles. The molecule has 0 spiro atoms. The Balaban J connectivity index is 1.23. The summed E-state index contributed by atoms with van der Waals surface area (Å²) in [6, 6.07) is 14.2. The molecule has 1 fully saturated rings. The van der Waals surface area contributed by atoms with E-state index in [4.69, 9.17) is 0 Å². The number of benzene rings is 2. The largest absolute Gasteiger partial charge is 0.366 e. The zero-order valence-corrected chi connectivity index (χ0v) is 20.6. The number of sulfonamides is 1. The third-order valence-electron chi connectivity index (χ3n) is 5.91. The second-order valence-corrected chi connectivity index (χ2v) is 11.0. The highest BCUT2D eigenvalue weighted by Gasteiger charge is 2.29. The highest BCUT2D eigenvalue weighted by Crippen LogP contribution is 2.29. The van der Waals surface area contributed by atoms with Crippen LogP contribution in [0.15, 0.2) is 64.1 Å². The monoisotopic (exact) mass is 542 g/mol. The Morgan fingerprint density at radius 2 is 1.85 bits per heavy atom. The molecule has 3 aromatic rings. The van der Waals surface area contributed by atoms with Gasteiger partial charge in [0.15, 0.2) is 0 Å². The molecule has 34 heavy (non-hydrogen) atoms. The van der Waals surface area contributed by atoms with Crippen molar-refractivity contribution in [1.82, 2.24) is 14.3 Å². The van der Waals surface area contributed by atoms with Crippen LogP contribution in [0.4, 0.5) is 23.1 Å². The lowest BCUT2D eigenvalue weighted by Gasteiger charge is -2.32. The van der Waals surface area contributed by atoms with Crippen molar-refractivity contribution in [2.45, 2.75) is 30.2 Å². The van der Waals surface area contributed by atoms with Crippen LogP contribution in [-0.2, 0) is 21.2 Å². The number of nitrogens with one attached hydrogen (secondary N) is 3. The van der Waals surface area contributed by atoms with Gasteiger partial charge in [0, 0.05) is 36.7 Å². The normalized spacial score (nSPS) is 16.7. The molecular weight excluding hydrogens is 520 g/mol. The van der Waals surface area contributed by atoms with Crippen molar-refractivity contribution in [2.24, 2.45) is 0 Å². The van der Waals surface area contributed by atoms with E-state index in [1.54, 1.807) is 36.5 Å². The third kappa shape index (κ3) is 4.77. The standard InChI is InChI=1S/C23H23BrN6O3S/c24-19-14-25-23(27-17-6-7-20-15(12-17)13-21(31)28-20)29-22(19)26-16-8-10-30(11-9-16)34(32,33)18-4-2-1-3-5-18/h1-7,12,14,16H,8-11,13H2,(H,28,31)(H2,25,26,27,29). The zero-order valence-electron chi connectivity index (χ0n) is 18.2. The van der Waals surface area contributed by atoms with Crippen LogP contribution in [0.25, 0.3) is 0 Å². The van der Waals surface area contributed by atoms with Gasteiger partial charge in [0.25, 0.3) is 0 Å². The van der Waals surface area contributed by atoms with Gasteiger partial charge in [0.05, 0.1) is 15.8 Å². The minimum absolute atomic E-state index is 0.0128. The van der Waals surface area contributed by atoms with Crippen molar-refractivity contribution in [3.63, 3.8) is 0 Å². The van der Waals surface area contributed by atoms with Crippen LogP contribution < -0.4 is 16.0 Å². The molecule has 1 amide bonds. The van der Waals surface area contributed by atoms with Gasteiger partial charge in [-0.3, -0.25) is 4.79 Å². The summed E-state index contributed by atoms with van der Waals surface area (Å²) >= 11 is 3.50. The molecule has 2 aliphatic heterocycles. The quantitative estimate of drug-likeness (QED) is 0.434. The third-order valence-corrected chi connectivity index (χ3v) is 8.40. The van der Waals surface area contributed by atoms with Gasteiger partial charge >= 0.3 is 0 Å². The first kappa shape index (κ1) is 22.8. The fourth-order valence-corrected chi connectivity index (χ4v) is 5.94. The van der Waals surface area contributed by atoms with E-state index in [2.05, 4.69) is 41.8 Å². The van der Waals surface area contributed by atoms with E-state index in [-0.39, 0.29) is 11.9 Å². The highest BCUT2D eigenvalue weighted by molar-refractivity contribution is 9.10. The van der Waals surface area contributed by atoms with E-state index >= 15 is 0 Å². The van der Waals surface area contributed by atoms with E-state index < -0.39 is 10.0 Å². The number of rotatable bonds is 6. The number of piperidine rings is 1. The Hall–Kier alpha value is -3.02. The molecule has 0 unspecified atom stereocenters. The number of fused-ring (bicyclic) bond motifs is 1. The number of carbonyl (C=O) groups is 1. The van der Waals surface area contributed by atoms with Crippen LogP contribution in [0.5, 0.6) is 0 Å². The Bertz CT molecular complexity index is 1330. The Kier molecular flexibility index (Phi) is 6.24. The lowest BCUT2D eigenvalue weighted by Crippen LogP contribution is -2.42. The molecule has 9 nitrogen and oxygen atoms in total. The van der Waals surface area contributed by atoms with Gasteiger partial charge in [0.2, 0.25) is 21.9 Å². The van der Waals surface area contributed by atoms with Crippen LogP contribution in [0.3, 0.4) is 0 Å². The van der Waals surface area contributed by atoms with E-state index in [1.807, 2.05) is 18.2 Å².